The Balaban J connectivity index is 1.40. The molecule has 1 unspecified atom stereocenters. The predicted octanol–water partition coefficient (Wildman–Crippen LogP) is 8.35. The lowest BCUT2D eigenvalue weighted by Gasteiger charge is -2.36. The Labute approximate surface area is 253 Å². The van der Waals surface area contributed by atoms with Crippen molar-refractivity contribution in [1.29, 1.82) is 0 Å². The number of carbonyl (C=O) groups is 1. The Morgan fingerprint density at radius 1 is 1.10 bits per heavy atom. The molecule has 1 saturated heterocycles. The first-order valence-corrected chi connectivity index (χ1v) is 17.0. The first-order valence-electron chi connectivity index (χ1n) is 13.7. The van der Waals surface area contributed by atoms with E-state index in [0.717, 1.165) is 45.5 Å². The molecule has 3 aromatic heterocycles. The van der Waals surface area contributed by atoms with Crippen LogP contribution in [-0.4, -0.2) is 42.5 Å². The number of anilines is 1. The summed E-state index contributed by atoms with van der Waals surface area (Å²) in [6.45, 7) is 5.36. The molecule has 0 saturated carbocycles. The second kappa shape index (κ2) is 11.7. The van der Waals surface area contributed by atoms with Gasteiger partial charge in [0, 0.05) is 59.5 Å². The number of aromatic nitrogens is 1. The van der Waals surface area contributed by atoms with E-state index >= 15 is 0 Å². The van der Waals surface area contributed by atoms with Crippen LogP contribution in [0.2, 0.25) is 5.02 Å². The molecule has 0 bridgehead atoms. The van der Waals surface area contributed by atoms with Crippen molar-refractivity contribution < 1.29 is 23.6 Å². The summed E-state index contributed by atoms with van der Waals surface area (Å²) >= 11 is 7.42. The maximum Gasteiger partial charge on any atom is 0.348 e. The van der Waals surface area contributed by atoms with Crippen molar-refractivity contribution in [3.05, 3.63) is 88.4 Å². The fourth-order valence-electron chi connectivity index (χ4n) is 5.53. The molecule has 6 rings (SSSR count). The van der Waals surface area contributed by atoms with Gasteiger partial charge in [-0.05, 0) is 73.2 Å². The highest BCUT2D eigenvalue weighted by molar-refractivity contribution is 7.72. The lowest BCUT2D eigenvalue weighted by Crippen LogP contribution is -2.34. The van der Waals surface area contributed by atoms with Gasteiger partial charge in [-0.1, -0.05) is 35.9 Å². The van der Waals surface area contributed by atoms with Gasteiger partial charge in [0.15, 0.2) is 12.9 Å². The Kier molecular flexibility index (Phi) is 7.99. The van der Waals surface area contributed by atoms with Crippen LogP contribution in [0.25, 0.3) is 32.9 Å². The summed E-state index contributed by atoms with van der Waals surface area (Å²) in [4.78, 5) is 17.9. The number of hydrogen-bond acceptors (Lipinski definition) is 6. The fraction of sp³-hybridized carbons (Fsp3) is 0.250. The number of halogens is 1. The lowest BCUT2D eigenvalue weighted by molar-refractivity contribution is 0.0685. The van der Waals surface area contributed by atoms with Gasteiger partial charge in [0.05, 0.1) is 5.69 Å². The Morgan fingerprint density at radius 3 is 2.52 bits per heavy atom. The number of carboxylic acids is 1. The summed E-state index contributed by atoms with van der Waals surface area (Å²) in [5, 5.41) is 11.6. The minimum Gasteiger partial charge on any atom is -0.477 e. The zero-order valence-electron chi connectivity index (χ0n) is 23.2. The topological polar surface area (TPSA) is 92.9 Å². The molecule has 42 heavy (non-hydrogen) atoms. The summed E-state index contributed by atoms with van der Waals surface area (Å²) in [6, 6.07) is 20.6. The van der Waals surface area contributed by atoms with Crippen molar-refractivity contribution >= 4 is 58.3 Å². The highest BCUT2D eigenvalue weighted by Gasteiger charge is 2.35. The van der Waals surface area contributed by atoms with Crippen LogP contribution >= 0.6 is 30.2 Å². The molecule has 0 radical (unpaired) electrons. The van der Waals surface area contributed by atoms with Crippen molar-refractivity contribution in [3.63, 3.8) is 0 Å². The molecular formula is C32H30ClN2O5PS. The smallest absolute Gasteiger partial charge is 0.348 e. The molecule has 2 aromatic carbocycles. The van der Waals surface area contributed by atoms with E-state index in [2.05, 4.69) is 4.98 Å². The van der Waals surface area contributed by atoms with Crippen molar-refractivity contribution in [3.8, 4) is 21.8 Å². The molecule has 1 aliphatic rings. The van der Waals surface area contributed by atoms with Gasteiger partial charge < -0.3 is 18.9 Å². The molecule has 1 N–H and O–H groups in total. The van der Waals surface area contributed by atoms with Crippen LogP contribution in [0.4, 0.5) is 5.69 Å². The number of rotatable bonds is 8. The summed E-state index contributed by atoms with van der Waals surface area (Å²) in [7, 11) is -3.25. The van der Waals surface area contributed by atoms with Gasteiger partial charge in [0.25, 0.3) is 0 Å². The number of benzene rings is 2. The van der Waals surface area contributed by atoms with Crippen LogP contribution in [0, 0.1) is 12.8 Å². The number of fused-ring (bicyclic) bond motifs is 1. The molecule has 1 aliphatic heterocycles. The summed E-state index contributed by atoms with van der Waals surface area (Å²) < 4.78 is 28.1. The van der Waals surface area contributed by atoms with Gasteiger partial charge in [0.2, 0.25) is 0 Å². The number of aryl methyl sites for hydroxylation is 1. The minimum atomic E-state index is -3.25. The third-order valence-corrected chi connectivity index (χ3v) is 11.9. The summed E-state index contributed by atoms with van der Waals surface area (Å²) in [5.41, 5.74) is 4.55. The molecule has 0 amide bonds. The van der Waals surface area contributed by atoms with Crippen LogP contribution < -0.4 is 9.97 Å². The Bertz CT molecular complexity index is 1780. The molecular weight excluding hydrogens is 591 g/mol. The van der Waals surface area contributed by atoms with Gasteiger partial charge in [-0.3, -0.25) is 9.55 Å². The standard InChI is InChI=1S/C32H30ClN2O5PS/c1-20-16-24(33)9-10-29(20)41(2,38)35(19-21-11-14-39-15-12-21)26-18-30(42-31(26)32(36)37)23-7-5-22(6-8-23)28-17-25-27(40-28)4-3-13-34-25/h3-10,13,16-18,21H,11-12,14-15,19H2,1-2H3,(H,36,37). The van der Waals surface area contributed by atoms with E-state index in [1.54, 1.807) is 31.1 Å². The van der Waals surface area contributed by atoms with Gasteiger partial charge in [-0.25, -0.2) is 4.79 Å². The number of nitrogens with zero attached hydrogens (tertiary/aromatic N) is 2. The number of ether oxygens (including phenoxy) is 1. The van der Waals surface area contributed by atoms with Crippen LogP contribution in [0.15, 0.2) is 77.3 Å². The van der Waals surface area contributed by atoms with Crippen molar-refractivity contribution in [2.45, 2.75) is 19.8 Å². The van der Waals surface area contributed by atoms with Crippen molar-refractivity contribution in [1.82, 2.24) is 4.98 Å². The lowest BCUT2D eigenvalue weighted by atomic mass is 10.0. The second-order valence-electron chi connectivity index (χ2n) is 10.7. The third-order valence-electron chi connectivity index (χ3n) is 7.76. The number of hydrogen-bond donors (Lipinski definition) is 1. The van der Waals surface area contributed by atoms with E-state index in [9.17, 15) is 14.5 Å². The van der Waals surface area contributed by atoms with Crippen LogP contribution in [0.5, 0.6) is 0 Å². The Hall–Kier alpha value is -3.42. The first-order chi connectivity index (χ1) is 20.2. The van der Waals surface area contributed by atoms with Crippen LogP contribution in [0.3, 0.4) is 0 Å². The molecule has 7 nitrogen and oxygen atoms in total. The fourth-order valence-corrected chi connectivity index (χ4v) is 9.27. The van der Waals surface area contributed by atoms with Gasteiger partial charge in [-0.2, -0.15) is 0 Å². The average Bonchev–Trinajstić information content (AvgIpc) is 3.62. The monoisotopic (exact) mass is 620 g/mol. The molecule has 1 atom stereocenters. The third kappa shape index (κ3) is 5.64. The van der Waals surface area contributed by atoms with Gasteiger partial charge in [0.1, 0.15) is 16.2 Å². The summed E-state index contributed by atoms with van der Waals surface area (Å²) in [6.07, 6.45) is 3.39. The number of furan rings is 1. The van der Waals surface area contributed by atoms with E-state index in [0.29, 0.717) is 41.5 Å². The maximum atomic E-state index is 14.8. The molecule has 216 valence electrons. The molecule has 0 aliphatic carbocycles. The second-order valence-corrected chi connectivity index (χ2v) is 14.9. The molecule has 5 aromatic rings. The van der Waals surface area contributed by atoms with E-state index < -0.39 is 13.3 Å². The molecule has 1 fully saturated rings. The number of carboxylic acid groups (broad SMARTS) is 1. The molecule has 4 heterocycles. The maximum absolute atomic E-state index is 14.8. The zero-order chi connectivity index (χ0) is 29.4. The molecule has 10 heteroatoms. The van der Waals surface area contributed by atoms with E-state index in [4.69, 9.17) is 20.8 Å². The SMILES string of the molecule is Cc1cc(Cl)ccc1P(C)(=O)N(CC1CCOCC1)c1cc(-c2ccc(-c3cc4ncccc4o3)cc2)sc1C(=O)O. The Morgan fingerprint density at radius 2 is 1.83 bits per heavy atom. The number of thiophene rings is 1. The normalized spacial score (nSPS) is 15.5. The van der Waals surface area contributed by atoms with Gasteiger partial charge in [-0.15, -0.1) is 11.3 Å². The van der Waals surface area contributed by atoms with E-state index in [1.165, 1.54) is 11.3 Å². The number of aromatic carboxylic acids is 1. The highest BCUT2D eigenvalue weighted by atomic mass is 35.5. The van der Waals surface area contributed by atoms with Crippen LogP contribution in [-0.2, 0) is 9.30 Å². The van der Waals surface area contributed by atoms with E-state index in [-0.39, 0.29) is 10.8 Å². The highest BCUT2D eigenvalue weighted by Crippen LogP contribution is 2.53. The quantitative estimate of drug-likeness (QED) is 0.174. The predicted molar refractivity (Wildman–Crippen MR) is 170 cm³/mol. The minimum absolute atomic E-state index is 0.165. The summed E-state index contributed by atoms with van der Waals surface area (Å²) in [5.74, 6) is -0.110. The number of pyridine rings is 1. The van der Waals surface area contributed by atoms with Crippen molar-refractivity contribution in [2.75, 3.05) is 31.1 Å². The average molecular weight is 621 g/mol. The zero-order valence-corrected chi connectivity index (χ0v) is 25.7. The van der Waals surface area contributed by atoms with Gasteiger partial charge >= 0.3 is 5.97 Å². The first kappa shape index (κ1) is 28.7. The van der Waals surface area contributed by atoms with E-state index in [1.807, 2.05) is 60.1 Å². The van der Waals surface area contributed by atoms with Crippen LogP contribution in [0.1, 0.15) is 28.1 Å². The largest absolute Gasteiger partial charge is 0.477 e. The molecule has 0 spiro atoms. The van der Waals surface area contributed by atoms with Crippen molar-refractivity contribution in [2.24, 2.45) is 5.92 Å².